The van der Waals surface area contributed by atoms with Crippen molar-refractivity contribution < 1.29 is 4.74 Å². The Kier molecular flexibility index (Phi) is 4.97. The lowest BCUT2D eigenvalue weighted by molar-refractivity contribution is 0.361. The maximum atomic E-state index is 5.87. The molecule has 0 spiro atoms. The van der Waals surface area contributed by atoms with E-state index in [9.17, 15) is 0 Å². The topological polar surface area (TPSA) is 35.2 Å². The van der Waals surface area contributed by atoms with E-state index in [1.165, 1.54) is 5.56 Å². The maximum Gasteiger partial charge on any atom is 0.122 e. The van der Waals surface area contributed by atoms with Gasteiger partial charge in [0.15, 0.2) is 0 Å². The highest BCUT2D eigenvalue weighted by molar-refractivity contribution is 5.48. The van der Waals surface area contributed by atoms with Crippen LogP contribution in [0.1, 0.15) is 29.7 Å². The number of hydrogen-bond acceptors (Lipinski definition) is 2. The molecule has 20 heavy (non-hydrogen) atoms. The SMILES string of the molecule is Cc1cc(C(C)N)ccc1OC/C=C/c1ccccc1. The molecule has 0 saturated carbocycles. The second-order valence-corrected chi connectivity index (χ2v) is 4.94. The smallest absolute Gasteiger partial charge is 0.122 e. The van der Waals surface area contributed by atoms with Crippen LogP contribution < -0.4 is 10.5 Å². The van der Waals surface area contributed by atoms with Gasteiger partial charge in [-0.25, -0.2) is 0 Å². The van der Waals surface area contributed by atoms with E-state index in [0.717, 1.165) is 16.9 Å². The molecule has 0 aromatic heterocycles. The van der Waals surface area contributed by atoms with E-state index in [1.807, 2.05) is 50.3 Å². The third-order valence-corrected chi connectivity index (χ3v) is 3.17. The molecule has 0 aliphatic carbocycles. The van der Waals surface area contributed by atoms with E-state index in [1.54, 1.807) is 0 Å². The molecule has 2 rings (SSSR count). The number of aryl methyl sites for hydroxylation is 1. The monoisotopic (exact) mass is 267 g/mol. The molecule has 2 heteroatoms. The quantitative estimate of drug-likeness (QED) is 0.885. The van der Waals surface area contributed by atoms with Gasteiger partial charge in [-0.05, 0) is 42.7 Å². The lowest BCUT2D eigenvalue weighted by atomic mass is 10.1. The maximum absolute atomic E-state index is 5.87. The van der Waals surface area contributed by atoms with Gasteiger partial charge in [-0.15, -0.1) is 0 Å². The Morgan fingerprint density at radius 1 is 1.15 bits per heavy atom. The van der Waals surface area contributed by atoms with Crippen molar-refractivity contribution >= 4 is 6.08 Å². The Balaban J connectivity index is 1.93. The van der Waals surface area contributed by atoms with Gasteiger partial charge in [0.2, 0.25) is 0 Å². The molecule has 0 bridgehead atoms. The second-order valence-electron chi connectivity index (χ2n) is 4.94. The molecule has 2 N–H and O–H groups in total. The summed E-state index contributed by atoms with van der Waals surface area (Å²) in [6.45, 7) is 4.59. The van der Waals surface area contributed by atoms with Gasteiger partial charge in [-0.1, -0.05) is 48.5 Å². The highest BCUT2D eigenvalue weighted by Gasteiger charge is 2.03. The van der Waals surface area contributed by atoms with Gasteiger partial charge in [0.05, 0.1) is 0 Å². The zero-order valence-electron chi connectivity index (χ0n) is 12.0. The number of benzene rings is 2. The Labute approximate surface area is 120 Å². The molecule has 104 valence electrons. The Hall–Kier alpha value is -2.06. The first-order valence-electron chi connectivity index (χ1n) is 6.87. The molecule has 2 aromatic rings. The van der Waals surface area contributed by atoms with Crippen molar-refractivity contribution in [3.63, 3.8) is 0 Å². The molecular weight excluding hydrogens is 246 g/mol. The van der Waals surface area contributed by atoms with Crippen LogP contribution in [0.15, 0.2) is 54.6 Å². The summed E-state index contributed by atoms with van der Waals surface area (Å²) in [6.07, 6.45) is 4.08. The van der Waals surface area contributed by atoms with E-state index in [2.05, 4.69) is 24.3 Å². The van der Waals surface area contributed by atoms with Gasteiger partial charge in [0, 0.05) is 6.04 Å². The molecule has 0 fully saturated rings. The number of ether oxygens (including phenoxy) is 1. The lowest BCUT2D eigenvalue weighted by Crippen LogP contribution is -2.05. The summed E-state index contributed by atoms with van der Waals surface area (Å²) < 4.78 is 5.77. The molecule has 0 radical (unpaired) electrons. The van der Waals surface area contributed by atoms with Crippen LogP contribution in [0.3, 0.4) is 0 Å². The molecule has 2 nitrogen and oxygen atoms in total. The van der Waals surface area contributed by atoms with Gasteiger partial charge >= 0.3 is 0 Å². The number of rotatable bonds is 5. The molecule has 0 heterocycles. The molecule has 1 atom stereocenters. The summed E-state index contributed by atoms with van der Waals surface area (Å²) in [5, 5.41) is 0. The Bertz CT molecular complexity index is 573. The minimum absolute atomic E-state index is 0.0562. The van der Waals surface area contributed by atoms with Crippen LogP contribution in [0.2, 0.25) is 0 Å². The van der Waals surface area contributed by atoms with Crippen LogP contribution in [-0.2, 0) is 0 Å². The van der Waals surface area contributed by atoms with Crippen molar-refractivity contribution in [2.75, 3.05) is 6.61 Å². The van der Waals surface area contributed by atoms with Crippen molar-refractivity contribution in [3.8, 4) is 5.75 Å². The van der Waals surface area contributed by atoms with Gasteiger partial charge in [0.25, 0.3) is 0 Å². The van der Waals surface area contributed by atoms with Crippen molar-refractivity contribution in [2.24, 2.45) is 5.73 Å². The summed E-state index contributed by atoms with van der Waals surface area (Å²) in [5.74, 6) is 0.909. The van der Waals surface area contributed by atoms with Crippen molar-refractivity contribution in [1.29, 1.82) is 0 Å². The summed E-state index contributed by atoms with van der Waals surface area (Å²) >= 11 is 0. The largest absolute Gasteiger partial charge is 0.489 e. The van der Waals surface area contributed by atoms with E-state index in [0.29, 0.717) is 6.61 Å². The first-order valence-corrected chi connectivity index (χ1v) is 6.87. The van der Waals surface area contributed by atoms with E-state index in [4.69, 9.17) is 10.5 Å². The molecule has 0 aliphatic rings. The normalized spacial score (nSPS) is 12.6. The third kappa shape index (κ3) is 3.97. The predicted molar refractivity (Wildman–Crippen MR) is 84.8 cm³/mol. The molecule has 2 aromatic carbocycles. The summed E-state index contributed by atoms with van der Waals surface area (Å²) in [6, 6.07) is 16.4. The van der Waals surface area contributed by atoms with E-state index >= 15 is 0 Å². The molecule has 0 aliphatic heterocycles. The highest BCUT2D eigenvalue weighted by Crippen LogP contribution is 2.21. The van der Waals surface area contributed by atoms with Crippen LogP contribution in [0.4, 0.5) is 0 Å². The minimum Gasteiger partial charge on any atom is -0.489 e. The average molecular weight is 267 g/mol. The first-order chi connectivity index (χ1) is 9.66. The van der Waals surface area contributed by atoms with Crippen LogP contribution in [0.25, 0.3) is 6.08 Å². The van der Waals surface area contributed by atoms with Gasteiger partial charge in [-0.2, -0.15) is 0 Å². The fourth-order valence-electron chi connectivity index (χ4n) is 2.00. The average Bonchev–Trinajstić information content (AvgIpc) is 2.46. The standard InChI is InChI=1S/C18H21NO/c1-14-13-17(15(2)19)10-11-18(14)20-12-6-9-16-7-4-3-5-8-16/h3-11,13,15H,12,19H2,1-2H3/b9-6+. The first kappa shape index (κ1) is 14.4. The van der Waals surface area contributed by atoms with Gasteiger partial charge in [-0.3, -0.25) is 0 Å². The fraction of sp³-hybridized carbons (Fsp3) is 0.222. The lowest BCUT2D eigenvalue weighted by Gasteiger charge is -2.11. The Morgan fingerprint density at radius 3 is 2.55 bits per heavy atom. The second kappa shape index (κ2) is 6.92. The summed E-state index contributed by atoms with van der Waals surface area (Å²) in [7, 11) is 0. The van der Waals surface area contributed by atoms with Crippen LogP contribution >= 0.6 is 0 Å². The van der Waals surface area contributed by atoms with Gasteiger partial charge < -0.3 is 10.5 Å². The molecule has 0 saturated heterocycles. The minimum atomic E-state index is 0.0562. The molecule has 1 unspecified atom stereocenters. The van der Waals surface area contributed by atoms with Crippen LogP contribution in [0.5, 0.6) is 5.75 Å². The number of nitrogens with two attached hydrogens (primary N) is 1. The Morgan fingerprint density at radius 2 is 1.90 bits per heavy atom. The zero-order chi connectivity index (χ0) is 14.4. The predicted octanol–water partition coefficient (Wildman–Crippen LogP) is 4.11. The highest BCUT2D eigenvalue weighted by atomic mass is 16.5. The number of hydrogen-bond donors (Lipinski definition) is 1. The molecule has 0 amide bonds. The summed E-state index contributed by atoms with van der Waals surface area (Å²) in [4.78, 5) is 0. The van der Waals surface area contributed by atoms with Gasteiger partial charge in [0.1, 0.15) is 12.4 Å². The zero-order valence-corrected chi connectivity index (χ0v) is 12.0. The van der Waals surface area contributed by atoms with Crippen molar-refractivity contribution in [2.45, 2.75) is 19.9 Å². The van der Waals surface area contributed by atoms with Crippen molar-refractivity contribution in [1.82, 2.24) is 0 Å². The van der Waals surface area contributed by atoms with Crippen LogP contribution in [0, 0.1) is 6.92 Å². The third-order valence-electron chi connectivity index (χ3n) is 3.17. The fourth-order valence-corrected chi connectivity index (χ4v) is 2.00. The van der Waals surface area contributed by atoms with E-state index in [-0.39, 0.29) is 6.04 Å². The van der Waals surface area contributed by atoms with Crippen LogP contribution in [-0.4, -0.2) is 6.61 Å². The van der Waals surface area contributed by atoms with Crippen molar-refractivity contribution in [3.05, 3.63) is 71.3 Å². The molecular formula is C18H21NO. The summed E-state index contributed by atoms with van der Waals surface area (Å²) in [5.41, 5.74) is 9.30. The van der Waals surface area contributed by atoms with E-state index < -0.39 is 0 Å².